The summed E-state index contributed by atoms with van der Waals surface area (Å²) >= 11 is 0. The normalized spacial score (nSPS) is 16.6. The smallest absolute Gasteiger partial charge is 0.335 e. The third-order valence-corrected chi connectivity index (χ3v) is 3.20. The predicted molar refractivity (Wildman–Crippen MR) is 82.3 cm³/mol. The molecule has 1 unspecified atom stereocenters. The monoisotopic (exact) mass is 297 g/mol. The quantitative estimate of drug-likeness (QED) is 0.657. The first kappa shape index (κ1) is 14.3. The Morgan fingerprint density at radius 2 is 1.91 bits per heavy atom. The van der Waals surface area contributed by atoms with Crippen LogP contribution in [0.2, 0.25) is 0 Å². The molecule has 1 aliphatic rings. The molecule has 0 saturated carbocycles. The number of aromatic carboxylic acids is 1. The second kappa shape index (κ2) is 6.41. The molecule has 5 heteroatoms. The van der Waals surface area contributed by atoms with Gasteiger partial charge in [-0.15, -0.1) is 0 Å². The second-order valence-electron chi connectivity index (χ2n) is 4.95. The van der Waals surface area contributed by atoms with Crippen molar-refractivity contribution in [2.45, 2.75) is 6.10 Å². The Bertz CT molecular complexity index is 673. The van der Waals surface area contributed by atoms with E-state index in [-0.39, 0.29) is 11.7 Å². The molecule has 0 aliphatic carbocycles. The zero-order valence-corrected chi connectivity index (χ0v) is 11.8. The highest BCUT2D eigenvalue weighted by Gasteiger charge is 2.22. The number of hydrogen-bond acceptors (Lipinski definition) is 4. The Labute approximate surface area is 127 Å². The van der Waals surface area contributed by atoms with Gasteiger partial charge in [-0.3, -0.25) is 4.99 Å². The maximum absolute atomic E-state index is 10.8. The summed E-state index contributed by atoms with van der Waals surface area (Å²) < 4.78 is 10.6. The van der Waals surface area contributed by atoms with E-state index in [1.807, 2.05) is 24.3 Å². The van der Waals surface area contributed by atoms with Crippen molar-refractivity contribution >= 4 is 17.9 Å². The SMILES string of the molecule is O=C(O)c1ccc(N=Cc2ccc(OCC3CO3)cc2)cc1. The van der Waals surface area contributed by atoms with E-state index < -0.39 is 5.97 Å². The maximum Gasteiger partial charge on any atom is 0.335 e. The summed E-state index contributed by atoms with van der Waals surface area (Å²) in [6.07, 6.45) is 1.97. The van der Waals surface area contributed by atoms with Gasteiger partial charge in [-0.25, -0.2) is 4.79 Å². The number of epoxide rings is 1. The van der Waals surface area contributed by atoms with E-state index in [1.165, 1.54) is 12.1 Å². The van der Waals surface area contributed by atoms with Crippen molar-refractivity contribution in [1.29, 1.82) is 0 Å². The molecule has 5 nitrogen and oxygen atoms in total. The van der Waals surface area contributed by atoms with Crippen LogP contribution in [-0.4, -0.2) is 36.6 Å². The number of ether oxygens (including phenoxy) is 2. The van der Waals surface area contributed by atoms with Crippen molar-refractivity contribution in [2.24, 2.45) is 4.99 Å². The lowest BCUT2D eigenvalue weighted by molar-refractivity contribution is 0.0697. The molecule has 0 radical (unpaired) electrons. The van der Waals surface area contributed by atoms with Gasteiger partial charge in [0.25, 0.3) is 0 Å². The highest BCUT2D eigenvalue weighted by Crippen LogP contribution is 2.16. The van der Waals surface area contributed by atoms with Gasteiger partial charge >= 0.3 is 5.97 Å². The van der Waals surface area contributed by atoms with Crippen molar-refractivity contribution in [3.05, 3.63) is 59.7 Å². The van der Waals surface area contributed by atoms with Crippen molar-refractivity contribution in [3.63, 3.8) is 0 Å². The summed E-state index contributed by atoms with van der Waals surface area (Å²) in [6, 6.07) is 14.0. The van der Waals surface area contributed by atoms with Crippen LogP contribution in [0.3, 0.4) is 0 Å². The Morgan fingerprint density at radius 3 is 2.50 bits per heavy atom. The first-order chi connectivity index (χ1) is 10.7. The van der Waals surface area contributed by atoms with E-state index in [0.29, 0.717) is 12.3 Å². The molecule has 1 fully saturated rings. The minimum atomic E-state index is -0.942. The minimum Gasteiger partial charge on any atom is -0.491 e. The highest BCUT2D eigenvalue weighted by molar-refractivity contribution is 5.88. The number of benzene rings is 2. The Kier molecular flexibility index (Phi) is 4.16. The molecule has 3 rings (SSSR count). The molecule has 0 aromatic heterocycles. The van der Waals surface area contributed by atoms with Crippen molar-refractivity contribution < 1.29 is 19.4 Å². The number of carboxylic acid groups (broad SMARTS) is 1. The number of aliphatic imine (C=N–C) groups is 1. The average Bonchev–Trinajstić information content (AvgIpc) is 3.36. The van der Waals surface area contributed by atoms with Gasteiger partial charge in [0, 0.05) is 6.21 Å². The van der Waals surface area contributed by atoms with Crippen LogP contribution in [-0.2, 0) is 4.74 Å². The Balaban J connectivity index is 1.60. The van der Waals surface area contributed by atoms with Crippen molar-refractivity contribution in [3.8, 4) is 5.75 Å². The first-order valence-electron chi connectivity index (χ1n) is 6.92. The lowest BCUT2D eigenvalue weighted by Crippen LogP contribution is -2.03. The molecule has 1 saturated heterocycles. The summed E-state index contributed by atoms with van der Waals surface area (Å²) in [6.45, 7) is 1.37. The molecule has 0 amide bonds. The average molecular weight is 297 g/mol. The summed E-state index contributed by atoms with van der Waals surface area (Å²) in [5, 5.41) is 8.83. The van der Waals surface area contributed by atoms with E-state index in [1.54, 1.807) is 18.3 Å². The first-order valence-corrected chi connectivity index (χ1v) is 6.92. The molecule has 2 aromatic rings. The summed E-state index contributed by atoms with van der Waals surface area (Å²) in [4.78, 5) is 15.1. The largest absolute Gasteiger partial charge is 0.491 e. The number of rotatable bonds is 6. The fourth-order valence-electron chi connectivity index (χ4n) is 1.84. The molecule has 112 valence electrons. The second-order valence-corrected chi connectivity index (χ2v) is 4.95. The van der Waals surface area contributed by atoms with Crippen LogP contribution in [0.4, 0.5) is 5.69 Å². The molecule has 1 atom stereocenters. The van der Waals surface area contributed by atoms with Crippen LogP contribution >= 0.6 is 0 Å². The topological polar surface area (TPSA) is 71.4 Å². The third kappa shape index (κ3) is 3.93. The van der Waals surface area contributed by atoms with Crippen LogP contribution < -0.4 is 4.74 Å². The minimum absolute atomic E-state index is 0.245. The van der Waals surface area contributed by atoms with E-state index in [9.17, 15) is 4.79 Å². The molecule has 1 N–H and O–H groups in total. The molecule has 22 heavy (non-hydrogen) atoms. The zero-order chi connectivity index (χ0) is 15.4. The van der Waals surface area contributed by atoms with Crippen LogP contribution in [0.25, 0.3) is 0 Å². The van der Waals surface area contributed by atoms with Gasteiger partial charge in [0.1, 0.15) is 18.5 Å². The van der Waals surface area contributed by atoms with Crippen molar-refractivity contribution in [2.75, 3.05) is 13.2 Å². The molecule has 1 heterocycles. The van der Waals surface area contributed by atoms with Crippen LogP contribution in [0.15, 0.2) is 53.5 Å². The van der Waals surface area contributed by atoms with Crippen LogP contribution in [0.5, 0.6) is 5.75 Å². The number of carbonyl (C=O) groups is 1. The Hall–Kier alpha value is -2.66. The molecule has 1 aliphatic heterocycles. The van der Waals surface area contributed by atoms with Gasteiger partial charge in [-0.2, -0.15) is 0 Å². The van der Waals surface area contributed by atoms with E-state index in [0.717, 1.165) is 17.9 Å². The van der Waals surface area contributed by atoms with Crippen LogP contribution in [0.1, 0.15) is 15.9 Å². The fraction of sp³-hybridized carbons (Fsp3) is 0.176. The summed E-state index contributed by atoms with van der Waals surface area (Å²) in [5.74, 6) is -0.138. The highest BCUT2D eigenvalue weighted by atomic mass is 16.6. The number of carboxylic acids is 1. The van der Waals surface area contributed by atoms with Crippen LogP contribution in [0, 0.1) is 0 Å². The van der Waals surface area contributed by atoms with Crippen molar-refractivity contribution in [1.82, 2.24) is 0 Å². The summed E-state index contributed by atoms with van der Waals surface area (Å²) in [5.41, 5.74) is 1.90. The van der Waals surface area contributed by atoms with Gasteiger partial charge in [0.05, 0.1) is 17.9 Å². The van der Waals surface area contributed by atoms with Gasteiger partial charge < -0.3 is 14.6 Å². The van der Waals surface area contributed by atoms with Gasteiger partial charge in [-0.05, 0) is 54.1 Å². The Morgan fingerprint density at radius 1 is 1.23 bits per heavy atom. The number of hydrogen-bond donors (Lipinski definition) is 1. The van der Waals surface area contributed by atoms with Gasteiger partial charge in [0.2, 0.25) is 0 Å². The lowest BCUT2D eigenvalue weighted by atomic mass is 10.2. The number of nitrogens with zero attached hydrogens (tertiary/aromatic N) is 1. The lowest BCUT2D eigenvalue weighted by Gasteiger charge is -2.03. The van der Waals surface area contributed by atoms with E-state index in [2.05, 4.69) is 4.99 Å². The van der Waals surface area contributed by atoms with E-state index in [4.69, 9.17) is 14.6 Å². The molecule has 2 aromatic carbocycles. The maximum atomic E-state index is 10.8. The van der Waals surface area contributed by atoms with Gasteiger partial charge in [-0.1, -0.05) is 0 Å². The standard InChI is InChI=1S/C17H15NO4/c19-17(20)13-3-5-14(6-4-13)18-9-12-1-7-15(8-2-12)21-10-16-11-22-16/h1-9,16H,10-11H2,(H,19,20). The fourth-order valence-corrected chi connectivity index (χ4v) is 1.84. The molecular weight excluding hydrogens is 282 g/mol. The molecule has 0 spiro atoms. The van der Waals surface area contributed by atoms with Gasteiger partial charge in [0.15, 0.2) is 0 Å². The third-order valence-electron chi connectivity index (χ3n) is 3.20. The van der Waals surface area contributed by atoms with E-state index >= 15 is 0 Å². The molecular formula is C17H15NO4. The molecule has 0 bridgehead atoms. The predicted octanol–water partition coefficient (Wildman–Crippen LogP) is 2.91. The zero-order valence-electron chi connectivity index (χ0n) is 11.8. The summed E-state index contributed by atoms with van der Waals surface area (Å²) in [7, 11) is 0.